The highest BCUT2D eigenvalue weighted by Crippen LogP contribution is 2.31. The van der Waals surface area contributed by atoms with Crippen LogP contribution in [-0.4, -0.2) is 40.9 Å². The monoisotopic (exact) mass is 338 g/mol. The van der Waals surface area contributed by atoms with Gasteiger partial charge in [-0.3, -0.25) is 4.79 Å². The first-order valence-electron chi connectivity index (χ1n) is 9.05. The third-order valence-corrected chi connectivity index (χ3v) is 4.98. The van der Waals surface area contributed by atoms with E-state index in [9.17, 15) is 9.90 Å². The molecule has 0 amide bonds. The second kappa shape index (κ2) is 10.1. The molecular weight excluding hydrogens is 304 g/mol. The van der Waals surface area contributed by atoms with Gasteiger partial charge in [-0.2, -0.15) is 0 Å². The number of allylic oxidation sites excluding steroid dienone is 2. The van der Waals surface area contributed by atoms with Crippen molar-refractivity contribution in [1.29, 1.82) is 0 Å². The van der Waals surface area contributed by atoms with Crippen LogP contribution in [0.25, 0.3) is 0 Å². The van der Waals surface area contributed by atoms with E-state index in [0.717, 1.165) is 31.3 Å². The van der Waals surface area contributed by atoms with Crippen LogP contribution < -0.4 is 0 Å². The van der Waals surface area contributed by atoms with E-state index in [1.165, 1.54) is 5.57 Å². The summed E-state index contributed by atoms with van der Waals surface area (Å²) in [5, 5.41) is 19.4. The lowest BCUT2D eigenvalue weighted by atomic mass is 9.87. The Kier molecular flexibility index (Phi) is 8.88. The standard InChI is InChI=1S/C20H34O4/c1-15(2)7-9-18(22)16(3)6-5-12-20(4)19(23)10-8-17(11-13-21)14-24-20/h7,11,16,19,21,23H,5-6,8-10,12-14H2,1-4H3/b17-11+/t16?,19-,20?/m1/s1. The Bertz CT molecular complexity index is 462. The molecule has 4 heteroatoms. The van der Waals surface area contributed by atoms with Crippen molar-refractivity contribution in [2.75, 3.05) is 13.2 Å². The molecule has 0 bridgehead atoms. The van der Waals surface area contributed by atoms with E-state index in [1.54, 1.807) is 6.08 Å². The Labute approximate surface area is 146 Å². The van der Waals surface area contributed by atoms with Crippen LogP contribution in [0.15, 0.2) is 23.3 Å². The second-order valence-electron chi connectivity index (χ2n) is 7.45. The summed E-state index contributed by atoms with van der Waals surface area (Å²) >= 11 is 0. The predicted octanol–water partition coefficient (Wildman–Crippen LogP) is 3.57. The SMILES string of the molecule is CC(C)=CCC(=O)C(C)CCCC1(C)OC/C(=C/CO)CC[C@H]1O. The number of carbonyl (C=O) groups is 1. The zero-order chi connectivity index (χ0) is 18.2. The number of carbonyl (C=O) groups excluding carboxylic acids is 1. The molecule has 0 saturated carbocycles. The number of hydrogen-bond donors (Lipinski definition) is 2. The van der Waals surface area contributed by atoms with Crippen molar-refractivity contribution in [1.82, 2.24) is 0 Å². The first-order valence-corrected chi connectivity index (χ1v) is 9.05. The van der Waals surface area contributed by atoms with Crippen molar-refractivity contribution < 1.29 is 19.7 Å². The number of ketones is 1. The highest BCUT2D eigenvalue weighted by Gasteiger charge is 2.35. The Balaban J connectivity index is 2.48. The minimum Gasteiger partial charge on any atom is -0.392 e. The van der Waals surface area contributed by atoms with Gasteiger partial charge in [-0.05, 0) is 58.4 Å². The molecule has 0 aromatic heterocycles. The second-order valence-corrected chi connectivity index (χ2v) is 7.45. The van der Waals surface area contributed by atoms with Crippen LogP contribution in [0.2, 0.25) is 0 Å². The molecule has 1 heterocycles. The zero-order valence-corrected chi connectivity index (χ0v) is 15.7. The fourth-order valence-corrected chi connectivity index (χ4v) is 3.01. The summed E-state index contributed by atoms with van der Waals surface area (Å²) < 4.78 is 5.97. The maximum atomic E-state index is 12.1. The van der Waals surface area contributed by atoms with Crippen LogP contribution in [-0.2, 0) is 9.53 Å². The summed E-state index contributed by atoms with van der Waals surface area (Å²) in [6, 6.07) is 0. The molecule has 1 saturated heterocycles. The van der Waals surface area contributed by atoms with Crippen LogP contribution in [0.3, 0.4) is 0 Å². The molecule has 0 spiro atoms. The Morgan fingerprint density at radius 3 is 2.79 bits per heavy atom. The van der Waals surface area contributed by atoms with Crippen molar-refractivity contribution in [3.8, 4) is 0 Å². The van der Waals surface area contributed by atoms with Gasteiger partial charge in [0.05, 0.1) is 24.9 Å². The molecule has 0 aromatic rings. The molecule has 0 aliphatic carbocycles. The number of aliphatic hydroxyl groups is 2. The van der Waals surface area contributed by atoms with Gasteiger partial charge in [-0.25, -0.2) is 0 Å². The fraction of sp³-hybridized carbons (Fsp3) is 0.750. The van der Waals surface area contributed by atoms with E-state index in [2.05, 4.69) is 0 Å². The van der Waals surface area contributed by atoms with Gasteiger partial charge >= 0.3 is 0 Å². The van der Waals surface area contributed by atoms with Gasteiger partial charge in [-0.1, -0.05) is 24.6 Å². The summed E-state index contributed by atoms with van der Waals surface area (Å²) in [5.74, 6) is 0.314. The molecule has 1 fully saturated rings. The lowest BCUT2D eigenvalue weighted by Crippen LogP contribution is -2.41. The first kappa shape index (κ1) is 21.1. The first-order chi connectivity index (χ1) is 11.3. The van der Waals surface area contributed by atoms with Crippen molar-refractivity contribution >= 4 is 5.78 Å². The average Bonchev–Trinajstić information content (AvgIpc) is 2.66. The van der Waals surface area contributed by atoms with E-state index in [4.69, 9.17) is 9.84 Å². The molecule has 2 N–H and O–H groups in total. The molecule has 0 radical (unpaired) electrons. The molecule has 1 aliphatic rings. The van der Waals surface area contributed by atoms with E-state index < -0.39 is 11.7 Å². The topological polar surface area (TPSA) is 66.8 Å². The predicted molar refractivity (Wildman–Crippen MR) is 96.8 cm³/mol. The molecule has 1 rings (SSSR count). The summed E-state index contributed by atoms with van der Waals surface area (Å²) in [4.78, 5) is 12.1. The third-order valence-electron chi connectivity index (χ3n) is 4.98. The summed E-state index contributed by atoms with van der Waals surface area (Å²) in [6.07, 6.45) is 7.56. The Hall–Kier alpha value is -0.970. The van der Waals surface area contributed by atoms with Crippen LogP contribution in [0.5, 0.6) is 0 Å². The average molecular weight is 338 g/mol. The number of rotatable bonds is 8. The fourth-order valence-electron chi connectivity index (χ4n) is 3.01. The van der Waals surface area contributed by atoms with E-state index >= 15 is 0 Å². The van der Waals surface area contributed by atoms with Gasteiger partial charge in [0.25, 0.3) is 0 Å². The minimum absolute atomic E-state index is 0.0107. The van der Waals surface area contributed by atoms with Gasteiger partial charge in [0.1, 0.15) is 5.78 Å². The third kappa shape index (κ3) is 6.88. The minimum atomic E-state index is -0.576. The summed E-state index contributed by atoms with van der Waals surface area (Å²) in [6.45, 7) is 8.41. The molecule has 0 aromatic carbocycles. The van der Waals surface area contributed by atoms with Gasteiger partial charge in [0.2, 0.25) is 0 Å². The van der Waals surface area contributed by atoms with E-state index in [0.29, 0.717) is 19.4 Å². The largest absolute Gasteiger partial charge is 0.392 e. The summed E-state index contributed by atoms with van der Waals surface area (Å²) in [5.41, 5.74) is 1.64. The number of aliphatic hydroxyl groups excluding tert-OH is 2. The molecule has 2 unspecified atom stereocenters. The quantitative estimate of drug-likeness (QED) is 0.664. The number of hydrogen-bond acceptors (Lipinski definition) is 4. The molecule has 4 nitrogen and oxygen atoms in total. The summed E-state index contributed by atoms with van der Waals surface area (Å²) in [7, 11) is 0. The normalized spacial score (nSPS) is 27.6. The highest BCUT2D eigenvalue weighted by atomic mass is 16.5. The lowest BCUT2D eigenvalue weighted by molar-refractivity contribution is -0.122. The van der Waals surface area contributed by atoms with Crippen molar-refractivity contribution in [3.05, 3.63) is 23.3 Å². The maximum Gasteiger partial charge on any atom is 0.139 e. The van der Waals surface area contributed by atoms with E-state index in [1.807, 2.05) is 33.8 Å². The van der Waals surface area contributed by atoms with Crippen molar-refractivity contribution in [2.45, 2.75) is 77.9 Å². The van der Waals surface area contributed by atoms with Crippen LogP contribution in [0.1, 0.15) is 66.2 Å². The molecule has 138 valence electrons. The van der Waals surface area contributed by atoms with E-state index in [-0.39, 0.29) is 18.3 Å². The van der Waals surface area contributed by atoms with Crippen LogP contribution in [0.4, 0.5) is 0 Å². The van der Waals surface area contributed by atoms with Crippen LogP contribution in [0, 0.1) is 5.92 Å². The molecular formula is C20H34O4. The van der Waals surface area contributed by atoms with Gasteiger partial charge in [0, 0.05) is 12.3 Å². The van der Waals surface area contributed by atoms with Crippen LogP contribution >= 0.6 is 0 Å². The smallest absolute Gasteiger partial charge is 0.139 e. The molecule has 24 heavy (non-hydrogen) atoms. The lowest BCUT2D eigenvalue weighted by Gasteiger charge is -2.33. The highest BCUT2D eigenvalue weighted by molar-refractivity contribution is 5.82. The number of Topliss-reactive ketones (excluding diaryl/α,β-unsaturated/α-hetero) is 1. The van der Waals surface area contributed by atoms with Crippen molar-refractivity contribution in [2.24, 2.45) is 5.92 Å². The zero-order valence-electron chi connectivity index (χ0n) is 15.7. The molecule has 3 atom stereocenters. The van der Waals surface area contributed by atoms with Gasteiger partial charge in [-0.15, -0.1) is 0 Å². The Morgan fingerprint density at radius 1 is 1.46 bits per heavy atom. The van der Waals surface area contributed by atoms with Gasteiger partial charge < -0.3 is 14.9 Å². The number of ether oxygens (including phenoxy) is 1. The van der Waals surface area contributed by atoms with Gasteiger partial charge in [0.15, 0.2) is 0 Å². The van der Waals surface area contributed by atoms with Crippen molar-refractivity contribution in [3.63, 3.8) is 0 Å². The maximum absolute atomic E-state index is 12.1. The Morgan fingerprint density at radius 2 is 2.17 bits per heavy atom. The molecule has 1 aliphatic heterocycles.